The molecule has 10 heteroatoms. The van der Waals surface area contributed by atoms with Crippen molar-refractivity contribution in [2.24, 2.45) is 5.41 Å². The number of sulfone groups is 1. The summed E-state index contributed by atoms with van der Waals surface area (Å²) < 4.78 is 42.0. The number of Topliss-reactive ketones (excluding diaryl/α,β-unsaturated/α-hetero) is 1. The second-order valence-electron chi connectivity index (χ2n) is 11.6. The van der Waals surface area contributed by atoms with Crippen LogP contribution in [0.2, 0.25) is 0 Å². The SMILES string of the molecule is CCc1ccc2c(c1)c(-c1ccc[nH]c1=O)c(C(=O)CS(=O)(=O)CC)n2Cc1cc(NC(=O)CC(C)(C)C)ccc1F. The lowest BCUT2D eigenvalue weighted by atomic mass is 9.92. The number of carbonyl (C=O) groups excluding carboxylic acids is 2. The van der Waals surface area contributed by atoms with Gasteiger partial charge in [0.25, 0.3) is 5.56 Å². The van der Waals surface area contributed by atoms with Gasteiger partial charge in [0.05, 0.1) is 12.2 Å². The van der Waals surface area contributed by atoms with Crippen molar-refractivity contribution < 1.29 is 22.4 Å². The van der Waals surface area contributed by atoms with E-state index in [1.54, 1.807) is 22.8 Å². The number of hydrogen-bond acceptors (Lipinski definition) is 5. The molecule has 0 aliphatic rings. The highest BCUT2D eigenvalue weighted by Crippen LogP contribution is 2.36. The normalized spacial score (nSPS) is 12.0. The van der Waals surface area contributed by atoms with Gasteiger partial charge in [0, 0.05) is 51.7 Å². The largest absolute Gasteiger partial charge is 0.333 e. The van der Waals surface area contributed by atoms with Crippen molar-refractivity contribution in [1.29, 1.82) is 0 Å². The molecule has 0 aliphatic heterocycles. The van der Waals surface area contributed by atoms with Crippen molar-refractivity contribution in [2.45, 2.75) is 54.0 Å². The van der Waals surface area contributed by atoms with E-state index in [1.807, 2.05) is 39.8 Å². The van der Waals surface area contributed by atoms with Crippen LogP contribution in [0, 0.1) is 11.2 Å². The van der Waals surface area contributed by atoms with Crippen LogP contribution in [-0.2, 0) is 27.6 Å². The number of aromatic nitrogens is 2. The molecule has 0 spiro atoms. The maximum absolute atomic E-state index is 15.3. The molecule has 4 rings (SSSR count). The lowest BCUT2D eigenvalue weighted by Crippen LogP contribution is -2.22. The van der Waals surface area contributed by atoms with Crippen molar-refractivity contribution >= 4 is 38.1 Å². The van der Waals surface area contributed by atoms with Gasteiger partial charge in [-0.3, -0.25) is 14.4 Å². The minimum atomic E-state index is -3.73. The lowest BCUT2D eigenvalue weighted by molar-refractivity contribution is -0.117. The number of nitrogens with one attached hydrogen (secondary N) is 2. The summed E-state index contributed by atoms with van der Waals surface area (Å²) in [5, 5.41) is 3.39. The van der Waals surface area contributed by atoms with Crippen molar-refractivity contribution in [3.63, 3.8) is 0 Å². The topological polar surface area (TPSA) is 118 Å². The summed E-state index contributed by atoms with van der Waals surface area (Å²) in [4.78, 5) is 42.0. The molecule has 0 bridgehead atoms. The Kier molecular flexibility index (Phi) is 8.87. The van der Waals surface area contributed by atoms with Gasteiger partial charge in [-0.15, -0.1) is 0 Å². The van der Waals surface area contributed by atoms with Crippen LogP contribution >= 0.6 is 0 Å². The van der Waals surface area contributed by atoms with E-state index >= 15 is 4.39 Å². The van der Waals surface area contributed by atoms with Crippen molar-refractivity contribution in [3.8, 4) is 11.1 Å². The number of carbonyl (C=O) groups is 2. The molecular formula is C32H36FN3O5S. The average Bonchev–Trinajstić information content (AvgIpc) is 3.22. The van der Waals surface area contributed by atoms with E-state index in [9.17, 15) is 22.8 Å². The van der Waals surface area contributed by atoms with Crippen LogP contribution in [-0.4, -0.2) is 41.2 Å². The third-order valence-electron chi connectivity index (χ3n) is 7.03. The van der Waals surface area contributed by atoms with Gasteiger partial charge in [-0.05, 0) is 59.9 Å². The lowest BCUT2D eigenvalue weighted by Gasteiger charge is -2.18. The standard InChI is InChI=1S/C32H36FN3O5S/c1-6-20-10-13-26-24(15-20)29(23-9-8-14-34-31(23)39)30(27(37)19-42(40,41)7-2)36(26)18-21-16-22(11-12-25(21)33)35-28(38)17-32(3,4)5/h8-16H,6-7,17-19H2,1-5H3,(H,34,39)(H,35,38). The molecule has 222 valence electrons. The molecule has 0 fully saturated rings. The minimum Gasteiger partial charge on any atom is -0.333 e. The van der Waals surface area contributed by atoms with Crippen LogP contribution in [0.1, 0.15) is 62.7 Å². The Morgan fingerprint density at radius 1 is 1.05 bits per heavy atom. The Hall–Kier alpha value is -4.05. The molecular weight excluding hydrogens is 557 g/mol. The summed E-state index contributed by atoms with van der Waals surface area (Å²) >= 11 is 0. The molecule has 4 aromatic rings. The first-order valence-corrected chi connectivity index (χ1v) is 15.7. The Bertz CT molecular complexity index is 1830. The van der Waals surface area contributed by atoms with Gasteiger partial charge >= 0.3 is 0 Å². The zero-order valence-electron chi connectivity index (χ0n) is 24.5. The molecule has 0 radical (unpaired) electrons. The molecule has 0 aliphatic carbocycles. The molecule has 1 amide bonds. The number of ketones is 1. The first kappa shape index (κ1) is 30.9. The molecule has 2 N–H and O–H groups in total. The molecule has 8 nitrogen and oxygen atoms in total. The number of aromatic amines is 1. The van der Waals surface area contributed by atoms with E-state index in [0.717, 1.165) is 5.56 Å². The molecule has 42 heavy (non-hydrogen) atoms. The highest BCUT2D eigenvalue weighted by Gasteiger charge is 2.29. The third kappa shape index (κ3) is 6.87. The van der Waals surface area contributed by atoms with Crippen molar-refractivity contribution in [1.82, 2.24) is 9.55 Å². The van der Waals surface area contributed by atoms with Crippen LogP contribution in [0.15, 0.2) is 59.5 Å². The third-order valence-corrected chi connectivity index (χ3v) is 8.61. The summed E-state index contributed by atoms with van der Waals surface area (Å²) in [5.74, 6) is -2.46. The van der Waals surface area contributed by atoms with Gasteiger partial charge in [0.15, 0.2) is 15.6 Å². The summed E-state index contributed by atoms with van der Waals surface area (Å²) in [6, 6.07) is 13.0. The van der Waals surface area contributed by atoms with Crippen LogP contribution in [0.25, 0.3) is 22.0 Å². The number of anilines is 1. The number of fused-ring (bicyclic) bond motifs is 1. The number of benzene rings is 2. The van der Waals surface area contributed by atoms with E-state index in [-0.39, 0.29) is 46.9 Å². The highest BCUT2D eigenvalue weighted by atomic mass is 32.2. The van der Waals surface area contributed by atoms with Gasteiger partial charge in [0.2, 0.25) is 5.91 Å². The highest BCUT2D eigenvalue weighted by molar-refractivity contribution is 7.92. The van der Waals surface area contributed by atoms with Gasteiger partial charge < -0.3 is 14.9 Å². The van der Waals surface area contributed by atoms with E-state index < -0.39 is 32.7 Å². The van der Waals surface area contributed by atoms with Crippen molar-refractivity contribution in [3.05, 3.63) is 87.7 Å². The summed E-state index contributed by atoms with van der Waals surface area (Å²) in [6.45, 7) is 9.11. The predicted molar refractivity (Wildman–Crippen MR) is 164 cm³/mol. The number of pyridine rings is 1. The van der Waals surface area contributed by atoms with Crippen LogP contribution in [0.3, 0.4) is 0 Å². The summed E-state index contributed by atoms with van der Waals surface area (Å²) in [7, 11) is -3.73. The monoisotopic (exact) mass is 593 g/mol. The number of halogens is 1. The second-order valence-corrected chi connectivity index (χ2v) is 14.0. The summed E-state index contributed by atoms with van der Waals surface area (Å²) in [5.41, 5.74) is 1.90. The fourth-order valence-corrected chi connectivity index (χ4v) is 5.71. The van der Waals surface area contributed by atoms with E-state index in [4.69, 9.17) is 0 Å². The molecule has 0 saturated heterocycles. The number of rotatable bonds is 10. The number of aryl methyl sites for hydroxylation is 1. The molecule has 2 heterocycles. The minimum absolute atomic E-state index is 0.00792. The maximum atomic E-state index is 15.3. The Morgan fingerprint density at radius 3 is 2.43 bits per heavy atom. The molecule has 2 aromatic heterocycles. The number of H-pyrrole nitrogens is 1. The molecule has 0 atom stereocenters. The maximum Gasteiger partial charge on any atom is 0.255 e. The van der Waals surface area contributed by atoms with Crippen molar-refractivity contribution in [2.75, 3.05) is 16.8 Å². The number of amides is 1. The van der Waals surface area contributed by atoms with E-state index in [0.29, 0.717) is 28.6 Å². The number of hydrogen-bond donors (Lipinski definition) is 2. The van der Waals surface area contributed by atoms with Gasteiger partial charge in [0.1, 0.15) is 11.6 Å². The Labute approximate surface area is 244 Å². The van der Waals surface area contributed by atoms with E-state index in [2.05, 4.69) is 10.3 Å². The molecule has 2 aromatic carbocycles. The predicted octanol–water partition coefficient (Wildman–Crippen LogP) is 5.74. The first-order valence-electron chi connectivity index (χ1n) is 13.9. The molecule has 0 saturated carbocycles. The van der Waals surface area contributed by atoms with Gasteiger partial charge in [-0.2, -0.15) is 0 Å². The van der Waals surface area contributed by atoms with Gasteiger partial charge in [-0.25, -0.2) is 12.8 Å². The Morgan fingerprint density at radius 2 is 1.79 bits per heavy atom. The smallest absolute Gasteiger partial charge is 0.255 e. The fourth-order valence-electron chi connectivity index (χ4n) is 4.97. The van der Waals surface area contributed by atoms with Crippen LogP contribution in [0.4, 0.5) is 10.1 Å². The van der Waals surface area contributed by atoms with E-state index in [1.165, 1.54) is 31.3 Å². The second kappa shape index (κ2) is 12.1. The zero-order valence-corrected chi connectivity index (χ0v) is 25.3. The zero-order chi connectivity index (χ0) is 30.8. The quantitative estimate of drug-likeness (QED) is 0.228. The fraction of sp³-hybridized carbons (Fsp3) is 0.344. The molecule has 0 unspecified atom stereocenters. The van der Waals surface area contributed by atoms with Gasteiger partial charge in [-0.1, -0.05) is 40.7 Å². The number of nitrogens with zero attached hydrogens (tertiary/aromatic N) is 1. The Balaban J connectivity index is 1.95. The first-order chi connectivity index (χ1) is 19.7. The van der Waals surface area contributed by atoms with Crippen LogP contribution < -0.4 is 10.9 Å². The van der Waals surface area contributed by atoms with Crippen LogP contribution in [0.5, 0.6) is 0 Å². The average molecular weight is 594 g/mol. The summed E-state index contributed by atoms with van der Waals surface area (Å²) in [6.07, 6.45) is 2.42.